The van der Waals surface area contributed by atoms with Crippen molar-refractivity contribution in [2.24, 2.45) is 7.05 Å². The molecule has 0 aromatic carbocycles. The van der Waals surface area contributed by atoms with Crippen molar-refractivity contribution in [3.63, 3.8) is 0 Å². The first-order chi connectivity index (χ1) is 13.5. The summed E-state index contributed by atoms with van der Waals surface area (Å²) < 4.78 is 3.43. The summed E-state index contributed by atoms with van der Waals surface area (Å²) in [5, 5.41) is 19.9. The lowest BCUT2D eigenvalue weighted by atomic mass is 9.91. The maximum Gasteiger partial charge on any atom is 0.256 e. The molecule has 1 aliphatic rings. The SMILES string of the molecule is Cn1cc(C(=O)N[C@H]2CC[C@@H](Nc3cccc4nc(C#N)cn34)CC2)c(Cl)n1. The zero-order valence-corrected chi connectivity index (χ0v) is 16.1. The minimum Gasteiger partial charge on any atom is -0.368 e. The summed E-state index contributed by atoms with van der Waals surface area (Å²) in [7, 11) is 1.74. The van der Waals surface area contributed by atoms with Gasteiger partial charge >= 0.3 is 0 Å². The van der Waals surface area contributed by atoms with Gasteiger partial charge in [-0.15, -0.1) is 0 Å². The van der Waals surface area contributed by atoms with Gasteiger partial charge < -0.3 is 10.6 Å². The number of aromatic nitrogens is 4. The Balaban J connectivity index is 1.36. The molecule has 0 spiro atoms. The first-order valence-electron chi connectivity index (χ1n) is 9.18. The molecule has 4 rings (SSSR count). The molecule has 0 atom stereocenters. The van der Waals surface area contributed by atoms with Crippen LogP contribution in [-0.2, 0) is 7.05 Å². The molecular formula is C19H20ClN7O. The molecule has 8 nitrogen and oxygen atoms in total. The first kappa shape index (κ1) is 18.3. The number of carbonyl (C=O) groups excluding carboxylic acids is 1. The van der Waals surface area contributed by atoms with E-state index in [-0.39, 0.29) is 17.1 Å². The van der Waals surface area contributed by atoms with Crippen LogP contribution >= 0.6 is 11.6 Å². The summed E-state index contributed by atoms with van der Waals surface area (Å²) in [5.41, 5.74) is 1.55. The number of aryl methyl sites for hydroxylation is 1. The monoisotopic (exact) mass is 397 g/mol. The fourth-order valence-corrected chi connectivity index (χ4v) is 3.90. The van der Waals surface area contributed by atoms with Crippen molar-refractivity contribution >= 4 is 29.0 Å². The fraction of sp³-hybridized carbons (Fsp3) is 0.368. The minimum absolute atomic E-state index is 0.121. The summed E-state index contributed by atoms with van der Waals surface area (Å²) in [6.45, 7) is 0. The molecule has 0 radical (unpaired) electrons. The number of nitrogens with zero attached hydrogens (tertiary/aromatic N) is 5. The van der Waals surface area contributed by atoms with Crippen molar-refractivity contribution in [1.29, 1.82) is 5.26 Å². The van der Waals surface area contributed by atoms with Crippen LogP contribution in [0, 0.1) is 11.3 Å². The Morgan fingerprint density at radius 2 is 2.00 bits per heavy atom. The van der Waals surface area contributed by atoms with Crippen molar-refractivity contribution in [3.8, 4) is 6.07 Å². The number of amides is 1. The van der Waals surface area contributed by atoms with Gasteiger partial charge in [0.2, 0.25) is 0 Å². The summed E-state index contributed by atoms with van der Waals surface area (Å²) in [4.78, 5) is 16.7. The number of nitrogens with one attached hydrogen (secondary N) is 2. The molecule has 1 aliphatic carbocycles. The van der Waals surface area contributed by atoms with Crippen LogP contribution in [0.2, 0.25) is 5.15 Å². The van der Waals surface area contributed by atoms with Crippen LogP contribution in [0.4, 0.5) is 5.82 Å². The highest BCUT2D eigenvalue weighted by atomic mass is 35.5. The van der Waals surface area contributed by atoms with Crippen LogP contribution < -0.4 is 10.6 Å². The maximum atomic E-state index is 12.4. The van der Waals surface area contributed by atoms with Gasteiger partial charge in [-0.05, 0) is 37.8 Å². The number of halogens is 1. The van der Waals surface area contributed by atoms with Gasteiger partial charge in [-0.2, -0.15) is 10.4 Å². The van der Waals surface area contributed by atoms with Gasteiger partial charge in [-0.1, -0.05) is 17.7 Å². The second-order valence-corrected chi connectivity index (χ2v) is 7.41. The average molecular weight is 398 g/mol. The largest absolute Gasteiger partial charge is 0.368 e. The Labute approximate surface area is 167 Å². The Morgan fingerprint density at radius 3 is 2.68 bits per heavy atom. The van der Waals surface area contributed by atoms with Gasteiger partial charge in [0.1, 0.15) is 17.5 Å². The zero-order valence-electron chi connectivity index (χ0n) is 15.4. The van der Waals surface area contributed by atoms with E-state index in [1.165, 1.54) is 4.68 Å². The highest BCUT2D eigenvalue weighted by molar-refractivity contribution is 6.32. The summed E-state index contributed by atoms with van der Waals surface area (Å²) in [6.07, 6.45) is 6.99. The Morgan fingerprint density at radius 1 is 1.25 bits per heavy atom. The number of hydrogen-bond acceptors (Lipinski definition) is 5. The smallest absolute Gasteiger partial charge is 0.256 e. The lowest BCUT2D eigenvalue weighted by molar-refractivity contribution is 0.0926. The topological polar surface area (TPSA) is 100 Å². The standard InChI is InChI=1S/C19H20ClN7O/c1-26-11-15(18(20)25-26)19(28)24-13-7-5-12(6-8-13)22-16-3-2-4-17-23-14(9-21)10-27(16)17/h2-4,10-13,22H,5-8H2,1H3,(H,24,28)/t12-,13+. The third-order valence-corrected chi connectivity index (χ3v) is 5.33. The number of hydrogen-bond donors (Lipinski definition) is 2. The van der Waals surface area contributed by atoms with Crippen LogP contribution in [0.15, 0.2) is 30.6 Å². The molecule has 3 heterocycles. The van der Waals surface area contributed by atoms with Gasteiger partial charge in [0, 0.05) is 31.5 Å². The number of fused-ring (bicyclic) bond motifs is 1. The van der Waals surface area contributed by atoms with Crippen molar-refractivity contribution in [3.05, 3.63) is 47.0 Å². The van der Waals surface area contributed by atoms with Crippen LogP contribution in [0.1, 0.15) is 41.7 Å². The highest BCUT2D eigenvalue weighted by Crippen LogP contribution is 2.24. The van der Waals surface area contributed by atoms with Gasteiger partial charge in [0.25, 0.3) is 5.91 Å². The number of anilines is 1. The minimum atomic E-state index is -0.179. The predicted octanol–water partition coefficient (Wildman–Crippen LogP) is 2.75. The van der Waals surface area contributed by atoms with E-state index in [2.05, 4.69) is 26.8 Å². The third-order valence-electron chi connectivity index (χ3n) is 5.05. The summed E-state index contributed by atoms with van der Waals surface area (Å²) in [6, 6.07) is 8.28. The first-order valence-corrected chi connectivity index (χ1v) is 9.56. The van der Waals surface area contributed by atoms with Crippen molar-refractivity contribution in [1.82, 2.24) is 24.5 Å². The molecule has 28 heavy (non-hydrogen) atoms. The molecule has 0 aliphatic heterocycles. The molecule has 1 fully saturated rings. The van der Waals surface area contributed by atoms with Gasteiger partial charge in [0.05, 0.1) is 5.56 Å². The van der Waals surface area contributed by atoms with E-state index in [0.717, 1.165) is 37.1 Å². The normalized spacial score (nSPS) is 19.3. The molecule has 1 saturated carbocycles. The van der Waals surface area contributed by atoms with E-state index in [1.807, 2.05) is 22.6 Å². The van der Waals surface area contributed by atoms with Crippen LogP contribution in [0.25, 0.3) is 5.65 Å². The molecule has 0 bridgehead atoms. The van der Waals surface area contributed by atoms with Crippen molar-refractivity contribution in [2.45, 2.75) is 37.8 Å². The number of nitriles is 1. The van der Waals surface area contributed by atoms with Crippen LogP contribution in [-0.4, -0.2) is 37.2 Å². The summed E-state index contributed by atoms with van der Waals surface area (Å²) in [5.74, 6) is 0.739. The van der Waals surface area contributed by atoms with Crippen molar-refractivity contribution in [2.75, 3.05) is 5.32 Å². The van der Waals surface area contributed by atoms with Gasteiger partial charge in [-0.3, -0.25) is 13.9 Å². The van der Waals surface area contributed by atoms with Gasteiger partial charge in [0.15, 0.2) is 10.8 Å². The third kappa shape index (κ3) is 3.66. The van der Waals surface area contributed by atoms with E-state index in [0.29, 0.717) is 17.3 Å². The number of rotatable bonds is 4. The highest BCUT2D eigenvalue weighted by Gasteiger charge is 2.24. The number of carbonyl (C=O) groups is 1. The molecular weight excluding hydrogens is 378 g/mol. The number of imidazole rings is 1. The van der Waals surface area contributed by atoms with E-state index in [1.54, 1.807) is 19.4 Å². The Kier molecular flexibility index (Phi) is 4.92. The van der Waals surface area contributed by atoms with E-state index < -0.39 is 0 Å². The quantitative estimate of drug-likeness (QED) is 0.705. The second-order valence-electron chi connectivity index (χ2n) is 7.05. The molecule has 3 aromatic heterocycles. The molecule has 1 amide bonds. The lowest BCUT2D eigenvalue weighted by Crippen LogP contribution is -2.40. The van der Waals surface area contributed by atoms with Gasteiger partial charge in [-0.25, -0.2) is 4.98 Å². The fourth-order valence-electron chi connectivity index (χ4n) is 3.65. The van der Waals surface area contributed by atoms with E-state index in [9.17, 15) is 4.79 Å². The van der Waals surface area contributed by atoms with Crippen LogP contribution in [0.5, 0.6) is 0 Å². The molecule has 3 aromatic rings. The Hall–Kier alpha value is -3.05. The molecule has 2 N–H and O–H groups in total. The summed E-state index contributed by atoms with van der Waals surface area (Å²) >= 11 is 6.00. The number of pyridine rings is 1. The molecule has 0 saturated heterocycles. The molecule has 144 valence electrons. The second kappa shape index (κ2) is 7.52. The maximum absolute atomic E-state index is 12.4. The molecule has 9 heteroatoms. The lowest BCUT2D eigenvalue weighted by Gasteiger charge is -2.30. The molecule has 0 unspecified atom stereocenters. The van der Waals surface area contributed by atoms with E-state index in [4.69, 9.17) is 16.9 Å². The van der Waals surface area contributed by atoms with E-state index >= 15 is 0 Å². The average Bonchev–Trinajstić information content (AvgIpc) is 3.26. The van der Waals surface area contributed by atoms with Crippen LogP contribution in [0.3, 0.4) is 0 Å². The Bertz CT molecular complexity index is 1060. The predicted molar refractivity (Wildman–Crippen MR) is 105 cm³/mol. The van der Waals surface area contributed by atoms with Crippen molar-refractivity contribution < 1.29 is 4.79 Å². The zero-order chi connectivity index (χ0) is 19.7.